The number of amides is 2. The van der Waals surface area contributed by atoms with Crippen LogP contribution in [0, 0.1) is 19.7 Å². The van der Waals surface area contributed by atoms with Crippen molar-refractivity contribution in [1.82, 2.24) is 9.99 Å². The van der Waals surface area contributed by atoms with Gasteiger partial charge in [0, 0.05) is 17.1 Å². The molecule has 180 valence electrons. The summed E-state index contributed by atoms with van der Waals surface area (Å²) in [6, 6.07) is 24.8. The van der Waals surface area contributed by atoms with E-state index < -0.39 is 11.8 Å². The van der Waals surface area contributed by atoms with Gasteiger partial charge in [-0.15, -0.1) is 0 Å². The Kier molecular flexibility index (Phi) is 6.12. The predicted octanol–water partition coefficient (Wildman–Crippen LogP) is 5.27. The van der Waals surface area contributed by atoms with Crippen molar-refractivity contribution in [2.24, 2.45) is 0 Å². The van der Waals surface area contributed by atoms with Crippen LogP contribution in [0.3, 0.4) is 0 Å². The van der Waals surface area contributed by atoms with Crippen molar-refractivity contribution < 1.29 is 18.7 Å². The highest BCUT2D eigenvalue weighted by atomic mass is 19.1. The topological polar surface area (TPSA) is 63.6 Å². The smallest absolute Gasteiger partial charge is 0.282 e. The van der Waals surface area contributed by atoms with Crippen molar-refractivity contribution in [2.45, 2.75) is 20.5 Å². The van der Waals surface area contributed by atoms with E-state index in [9.17, 15) is 14.0 Å². The maximum atomic E-state index is 13.4. The molecule has 2 amide bonds. The number of hydrazine groups is 1. The highest BCUT2D eigenvalue weighted by molar-refractivity contribution is 6.31. The number of ether oxygens (including phenoxy) is 1. The molecule has 36 heavy (non-hydrogen) atoms. The standard InChI is InChI=1S/C29H24FN3O3/c1-19-15-22(17-27-28(34)31-33(29(27)35)25-9-4-3-5-10-25)20(2)32(19)24-11-13-26(14-12-24)36-18-21-7-6-8-23(30)16-21/h3-17H,18H2,1-2H3,(H,31,34). The minimum atomic E-state index is -0.437. The van der Waals surface area contributed by atoms with Crippen LogP contribution in [0.4, 0.5) is 10.1 Å². The van der Waals surface area contributed by atoms with Crippen LogP contribution in [0.15, 0.2) is 90.5 Å². The predicted molar refractivity (Wildman–Crippen MR) is 136 cm³/mol. The van der Waals surface area contributed by atoms with Gasteiger partial charge in [-0.3, -0.25) is 15.0 Å². The van der Waals surface area contributed by atoms with Crippen molar-refractivity contribution in [2.75, 3.05) is 5.01 Å². The number of carbonyl (C=O) groups is 2. The molecular formula is C29H24FN3O3. The number of hydrogen-bond acceptors (Lipinski definition) is 3. The van der Waals surface area contributed by atoms with Crippen LogP contribution >= 0.6 is 0 Å². The van der Waals surface area contributed by atoms with E-state index in [0.717, 1.165) is 28.2 Å². The Labute approximate surface area is 208 Å². The van der Waals surface area contributed by atoms with Crippen LogP contribution < -0.4 is 15.2 Å². The fourth-order valence-corrected chi connectivity index (χ4v) is 4.29. The van der Waals surface area contributed by atoms with Crippen molar-refractivity contribution >= 4 is 23.6 Å². The summed E-state index contributed by atoms with van der Waals surface area (Å²) in [5, 5.41) is 1.26. The Bertz CT molecular complexity index is 1470. The van der Waals surface area contributed by atoms with Crippen LogP contribution in [0.2, 0.25) is 0 Å². The second kappa shape index (κ2) is 9.54. The number of benzene rings is 3. The first-order valence-electron chi connectivity index (χ1n) is 11.5. The molecule has 0 saturated carbocycles. The van der Waals surface area contributed by atoms with Crippen molar-refractivity contribution in [1.29, 1.82) is 0 Å². The summed E-state index contributed by atoms with van der Waals surface area (Å²) in [5.74, 6) is -0.452. The number of carbonyl (C=O) groups excluding carboxylic acids is 2. The molecule has 0 atom stereocenters. The first-order valence-corrected chi connectivity index (χ1v) is 11.5. The fourth-order valence-electron chi connectivity index (χ4n) is 4.29. The summed E-state index contributed by atoms with van der Waals surface area (Å²) in [6.45, 7) is 4.18. The van der Waals surface area contributed by atoms with Crippen LogP contribution in [-0.4, -0.2) is 16.4 Å². The molecule has 0 spiro atoms. The minimum Gasteiger partial charge on any atom is -0.489 e. The Morgan fingerprint density at radius 2 is 1.64 bits per heavy atom. The highest BCUT2D eigenvalue weighted by Crippen LogP contribution is 2.27. The lowest BCUT2D eigenvalue weighted by Crippen LogP contribution is -2.35. The van der Waals surface area contributed by atoms with Gasteiger partial charge in [0.1, 0.15) is 23.7 Å². The number of anilines is 1. The third kappa shape index (κ3) is 4.51. The zero-order valence-corrected chi connectivity index (χ0v) is 19.9. The first kappa shape index (κ1) is 23.1. The van der Waals surface area contributed by atoms with Crippen LogP contribution in [0.1, 0.15) is 22.5 Å². The van der Waals surface area contributed by atoms with Gasteiger partial charge in [-0.1, -0.05) is 30.3 Å². The number of para-hydroxylation sites is 1. The quantitative estimate of drug-likeness (QED) is 0.301. The first-order chi connectivity index (χ1) is 17.4. The molecule has 3 aromatic carbocycles. The van der Waals surface area contributed by atoms with E-state index in [0.29, 0.717) is 11.4 Å². The monoisotopic (exact) mass is 481 g/mol. The molecule has 1 fully saturated rings. The molecule has 1 aliphatic heterocycles. The van der Waals surface area contributed by atoms with E-state index in [2.05, 4.69) is 9.99 Å². The van der Waals surface area contributed by atoms with E-state index in [1.54, 1.807) is 24.3 Å². The summed E-state index contributed by atoms with van der Waals surface area (Å²) in [4.78, 5) is 25.5. The Hall–Kier alpha value is -4.65. The van der Waals surface area contributed by atoms with Gasteiger partial charge >= 0.3 is 0 Å². The fraction of sp³-hybridized carbons (Fsp3) is 0.103. The third-order valence-corrected chi connectivity index (χ3v) is 6.07. The number of aryl methyl sites for hydroxylation is 1. The third-order valence-electron chi connectivity index (χ3n) is 6.07. The molecule has 1 saturated heterocycles. The van der Waals surface area contributed by atoms with Gasteiger partial charge in [-0.25, -0.2) is 9.40 Å². The molecular weight excluding hydrogens is 457 g/mol. The lowest BCUT2D eigenvalue weighted by Gasteiger charge is -2.13. The Morgan fingerprint density at radius 3 is 2.36 bits per heavy atom. The number of nitrogens with zero attached hydrogens (tertiary/aromatic N) is 2. The van der Waals surface area contributed by atoms with E-state index in [4.69, 9.17) is 4.74 Å². The summed E-state index contributed by atoms with van der Waals surface area (Å²) in [6.07, 6.45) is 1.63. The SMILES string of the molecule is Cc1cc(C=C2C(=O)NN(c3ccccc3)C2=O)c(C)n1-c1ccc(OCc2cccc(F)c2)cc1. The Balaban J connectivity index is 1.36. The molecule has 2 heterocycles. The number of hydrogen-bond donors (Lipinski definition) is 1. The van der Waals surface area contributed by atoms with Gasteiger partial charge in [-0.2, -0.15) is 0 Å². The highest BCUT2D eigenvalue weighted by Gasteiger charge is 2.34. The average molecular weight is 482 g/mol. The van der Waals surface area contributed by atoms with Crippen molar-refractivity contribution in [3.8, 4) is 11.4 Å². The Morgan fingerprint density at radius 1 is 0.889 bits per heavy atom. The van der Waals surface area contributed by atoms with Crippen LogP contribution in [0.25, 0.3) is 11.8 Å². The minimum absolute atomic E-state index is 0.0835. The summed E-state index contributed by atoms with van der Waals surface area (Å²) in [5.41, 5.74) is 7.63. The molecule has 4 aromatic rings. The van der Waals surface area contributed by atoms with Crippen molar-refractivity contribution in [3.05, 3.63) is 119 Å². The lowest BCUT2D eigenvalue weighted by molar-refractivity contribution is -0.117. The number of aromatic nitrogens is 1. The average Bonchev–Trinajstić information content (AvgIpc) is 3.33. The summed E-state index contributed by atoms with van der Waals surface area (Å²) >= 11 is 0. The molecule has 7 heteroatoms. The van der Waals surface area contributed by atoms with E-state index >= 15 is 0 Å². The molecule has 0 radical (unpaired) electrons. The van der Waals surface area contributed by atoms with Gasteiger partial charge in [-0.05, 0) is 85.6 Å². The van der Waals surface area contributed by atoms with Gasteiger partial charge in [0.15, 0.2) is 0 Å². The van der Waals surface area contributed by atoms with Crippen molar-refractivity contribution in [3.63, 3.8) is 0 Å². The molecule has 1 N–H and O–H groups in total. The second-order valence-electron chi connectivity index (χ2n) is 8.55. The normalized spacial score (nSPS) is 14.4. The molecule has 5 rings (SSSR count). The van der Waals surface area contributed by atoms with E-state index in [-0.39, 0.29) is 18.0 Å². The lowest BCUT2D eigenvalue weighted by atomic mass is 10.1. The van der Waals surface area contributed by atoms with Gasteiger partial charge in [0.25, 0.3) is 11.8 Å². The number of rotatable bonds is 6. The van der Waals surface area contributed by atoms with Gasteiger partial charge in [0.2, 0.25) is 0 Å². The number of nitrogens with one attached hydrogen (secondary N) is 1. The molecule has 6 nitrogen and oxygen atoms in total. The largest absolute Gasteiger partial charge is 0.489 e. The van der Waals surface area contributed by atoms with Crippen LogP contribution in [0.5, 0.6) is 5.75 Å². The van der Waals surface area contributed by atoms with E-state index in [1.165, 1.54) is 17.1 Å². The maximum Gasteiger partial charge on any atom is 0.282 e. The molecule has 0 aliphatic carbocycles. The maximum absolute atomic E-state index is 13.4. The molecule has 0 unspecified atom stereocenters. The molecule has 1 aliphatic rings. The van der Waals surface area contributed by atoms with E-state index in [1.807, 2.05) is 68.4 Å². The molecule has 1 aromatic heterocycles. The zero-order valence-electron chi connectivity index (χ0n) is 19.9. The summed E-state index contributed by atoms with van der Waals surface area (Å²) < 4.78 is 21.2. The second-order valence-corrected chi connectivity index (χ2v) is 8.55. The molecule has 0 bridgehead atoms. The zero-order chi connectivity index (χ0) is 25.2. The van der Waals surface area contributed by atoms with Gasteiger partial charge in [0.05, 0.1) is 5.69 Å². The summed E-state index contributed by atoms with van der Waals surface area (Å²) in [7, 11) is 0. The van der Waals surface area contributed by atoms with Crippen LogP contribution in [-0.2, 0) is 16.2 Å². The van der Waals surface area contributed by atoms with Gasteiger partial charge < -0.3 is 9.30 Å². The number of halogens is 1.